The Balaban J connectivity index is 1.76. The molecule has 0 radical (unpaired) electrons. The van der Waals surface area contributed by atoms with Crippen LogP contribution in [0.25, 0.3) is 0 Å². The number of likely N-dealkylation sites (tertiary alicyclic amines) is 1. The van der Waals surface area contributed by atoms with Crippen LogP contribution in [0.3, 0.4) is 0 Å². The number of aromatic nitrogens is 2. The summed E-state index contributed by atoms with van der Waals surface area (Å²) in [6, 6.07) is -0.468. The molecule has 0 aliphatic carbocycles. The molecule has 1 saturated heterocycles. The molecule has 2 rings (SSSR count). The van der Waals surface area contributed by atoms with Crippen molar-refractivity contribution in [2.24, 2.45) is 0 Å². The average Bonchev–Trinajstić information content (AvgIpc) is 3.08. The number of ether oxygens (including phenoxy) is 1. The number of amides is 2. The number of unbranched alkanes of at least 4 members (excludes halogenated alkanes) is 1. The van der Waals surface area contributed by atoms with E-state index in [1.807, 2.05) is 20.8 Å². The first-order valence-electron chi connectivity index (χ1n) is 9.43. The summed E-state index contributed by atoms with van der Waals surface area (Å²) in [6.07, 6.45) is 3.91. The normalized spacial score (nSPS) is 16.3. The molecule has 28 heavy (non-hydrogen) atoms. The molecule has 1 aliphatic heterocycles. The highest BCUT2D eigenvalue weighted by Gasteiger charge is 2.36. The number of nitrogens with one attached hydrogen (secondary N) is 1. The molecule has 0 saturated carbocycles. The van der Waals surface area contributed by atoms with Gasteiger partial charge in [-0.05, 0) is 47.0 Å². The molecule has 0 spiro atoms. The first-order chi connectivity index (χ1) is 13.2. The Labute approximate surface area is 171 Å². The fourth-order valence-corrected chi connectivity index (χ4v) is 2.99. The highest BCUT2D eigenvalue weighted by Crippen LogP contribution is 2.21. The minimum atomic E-state index is -0.579. The van der Waals surface area contributed by atoms with E-state index in [2.05, 4.69) is 27.1 Å². The number of hydrogen-bond donors (Lipinski definition) is 1. The van der Waals surface area contributed by atoms with E-state index in [-0.39, 0.29) is 5.91 Å². The van der Waals surface area contributed by atoms with Crippen molar-refractivity contribution in [3.63, 3.8) is 0 Å². The molecule has 7 nitrogen and oxygen atoms in total. The van der Waals surface area contributed by atoms with E-state index in [0.29, 0.717) is 48.9 Å². The molecule has 0 bridgehead atoms. The number of carbonyl (C=O) groups is 2. The molecule has 1 atom stereocenters. The van der Waals surface area contributed by atoms with Crippen LogP contribution in [0, 0.1) is 18.8 Å². The summed E-state index contributed by atoms with van der Waals surface area (Å²) in [5.41, 5.74) is 0.0142. The van der Waals surface area contributed by atoms with Crippen molar-refractivity contribution in [2.75, 3.05) is 13.1 Å². The van der Waals surface area contributed by atoms with Crippen LogP contribution < -0.4 is 5.32 Å². The molecule has 1 N–H and O–H groups in total. The molecule has 8 heteroatoms. The van der Waals surface area contributed by atoms with E-state index < -0.39 is 17.7 Å². The summed E-state index contributed by atoms with van der Waals surface area (Å²) in [7, 11) is 0. The highest BCUT2D eigenvalue weighted by molar-refractivity contribution is 6.30. The lowest BCUT2D eigenvalue weighted by Crippen LogP contribution is -2.47. The van der Waals surface area contributed by atoms with Crippen LogP contribution in [0.15, 0.2) is 6.20 Å². The van der Waals surface area contributed by atoms with Gasteiger partial charge in [0, 0.05) is 25.7 Å². The van der Waals surface area contributed by atoms with E-state index >= 15 is 0 Å². The van der Waals surface area contributed by atoms with E-state index in [0.717, 1.165) is 6.42 Å². The fourth-order valence-electron chi connectivity index (χ4n) is 2.77. The van der Waals surface area contributed by atoms with Crippen molar-refractivity contribution in [3.05, 3.63) is 22.7 Å². The zero-order chi connectivity index (χ0) is 20.7. The summed E-state index contributed by atoms with van der Waals surface area (Å²) in [4.78, 5) is 34.3. The number of hydrogen-bond acceptors (Lipinski definition) is 5. The van der Waals surface area contributed by atoms with Gasteiger partial charge in [-0.25, -0.2) is 14.8 Å². The molecular formula is C20H27ClN4O3. The van der Waals surface area contributed by atoms with Crippen molar-refractivity contribution >= 4 is 23.6 Å². The van der Waals surface area contributed by atoms with Gasteiger partial charge in [0.2, 0.25) is 5.91 Å². The zero-order valence-electron chi connectivity index (χ0n) is 16.8. The smallest absolute Gasteiger partial charge is 0.410 e. The maximum atomic E-state index is 12.4. The number of halogens is 1. The quantitative estimate of drug-likeness (QED) is 0.472. The van der Waals surface area contributed by atoms with Crippen LogP contribution >= 0.6 is 11.6 Å². The van der Waals surface area contributed by atoms with Gasteiger partial charge in [0.25, 0.3) is 0 Å². The monoisotopic (exact) mass is 406 g/mol. The molecule has 2 heterocycles. The van der Waals surface area contributed by atoms with Gasteiger partial charge in [-0.15, -0.1) is 0 Å². The van der Waals surface area contributed by atoms with Gasteiger partial charge in [-0.2, -0.15) is 0 Å². The van der Waals surface area contributed by atoms with Crippen LogP contribution in [0.2, 0.25) is 5.15 Å². The molecule has 152 valence electrons. The molecule has 2 amide bonds. The molecular weight excluding hydrogens is 380 g/mol. The minimum absolute atomic E-state index is 0.147. The predicted octanol–water partition coefficient (Wildman–Crippen LogP) is 3.09. The van der Waals surface area contributed by atoms with Crippen molar-refractivity contribution in [3.8, 4) is 11.8 Å². The molecule has 1 aliphatic rings. The molecule has 0 unspecified atom stereocenters. The van der Waals surface area contributed by atoms with Crippen molar-refractivity contribution < 1.29 is 14.3 Å². The third-order valence-corrected chi connectivity index (χ3v) is 4.34. The summed E-state index contributed by atoms with van der Waals surface area (Å²) in [5, 5.41) is 3.23. The molecule has 1 aromatic rings. The Kier molecular flexibility index (Phi) is 7.64. The number of aryl methyl sites for hydroxylation is 1. The van der Waals surface area contributed by atoms with Crippen molar-refractivity contribution in [1.82, 2.24) is 20.2 Å². The lowest BCUT2D eigenvalue weighted by molar-refractivity contribution is -0.125. The number of nitrogens with zero attached hydrogens (tertiary/aromatic N) is 3. The topological polar surface area (TPSA) is 84.4 Å². The second-order valence-electron chi connectivity index (χ2n) is 7.65. The Morgan fingerprint density at radius 2 is 2.18 bits per heavy atom. The molecule has 1 aromatic heterocycles. The van der Waals surface area contributed by atoms with Gasteiger partial charge in [-0.1, -0.05) is 23.4 Å². The maximum Gasteiger partial charge on any atom is 0.410 e. The lowest BCUT2D eigenvalue weighted by Gasteiger charge is -2.28. The summed E-state index contributed by atoms with van der Waals surface area (Å²) in [5.74, 6) is 6.40. The van der Waals surface area contributed by atoms with Gasteiger partial charge in [0.05, 0.1) is 5.56 Å². The maximum absolute atomic E-state index is 12.4. The van der Waals surface area contributed by atoms with Gasteiger partial charge in [-0.3, -0.25) is 9.69 Å². The number of rotatable bonds is 4. The van der Waals surface area contributed by atoms with Crippen molar-refractivity contribution in [1.29, 1.82) is 0 Å². The Hall–Kier alpha value is -2.33. The number of carbonyl (C=O) groups excluding carboxylic acids is 2. The van der Waals surface area contributed by atoms with E-state index in [1.54, 1.807) is 13.1 Å². The lowest BCUT2D eigenvalue weighted by atomic mass is 10.2. The van der Waals surface area contributed by atoms with Crippen LogP contribution in [0.4, 0.5) is 4.79 Å². The van der Waals surface area contributed by atoms with Crippen LogP contribution in [0.1, 0.15) is 57.8 Å². The largest absolute Gasteiger partial charge is 0.444 e. The fraction of sp³-hybridized carbons (Fsp3) is 0.600. The van der Waals surface area contributed by atoms with Gasteiger partial charge in [0.15, 0.2) is 0 Å². The zero-order valence-corrected chi connectivity index (χ0v) is 17.6. The van der Waals surface area contributed by atoms with E-state index in [4.69, 9.17) is 16.3 Å². The molecule has 0 aromatic carbocycles. The Morgan fingerprint density at radius 3 is 2.86 bits per heavy atom. The second-order valence-corrected chi connectivity index (χ2v) is 8.01. The third-order valence-electron chi connectivity index (χ3n) is 4.05. The van der Waals surface area contributed by atoms with E-state index in [1.165, 1.54) is 4.90 Å². The van der Waals surface area contributed by atoms with Gasteiger partial charge in [0.1, 0.15) is 22.6 Å². The first-order valence-corrected chi connectivity index (χ1v) is 9.80. The Morgan fingerprint density at radius 1 is 1.43 bits per heavy atom. The van der Waals surface area contributed by atoms with Gasteiger partial charge >= 0.3 is 6.09 Å². The van der Waals surface area contributed by atoms with Crippen LogP contribution in [-0.2, 0) is 9.53 Å². The first kappa shape index (κ1) is 22.0. The standard InChI is InChI=1S/C20H27ClN4O3/c1-14-23-13-15(17(21)24-14)9-6-5-7-11-22-18(26)16-10-8-12-25(16)19(27)28-20(2,3)4/h13,16H,5,7-8,10-12H2,1-4H3,(H,22,26)/t16-/m0/s1. The third kappa shape index (κ3) is 6.68. The summed E-state index contributed by atoms with van der Waals surface area (Å²) >= 11 is 6.01. The predicted molar refractivity (Wildman–Crippen MR) is 107 cm³/mol. The molecule has 1 fully saturated rings. The summed E-state index contributed by atoms with van der Waals surface area (Å²) < 4.78 is 5.39. The summed E-state index contributed by atoms with van der Waals surface area (Å²) in [6.45, 7) is 8.23. The Bertz CT molecular complexity index is 780. The highest BCUT2D eigenvalue weighted by atomic mass is 35.5. The van der Waals surface area contributed by atoms with Crippen molar-refractivity contribution in [2.45, 2.75) is 65.0 Å². The van der Waals surface area contributed by atoms with E-state index in [9.17, 15) is 9.59 Å². The average molecular weight is 407 g/mol. The SMILES string of the molecule is Cc1ncc(C#CCCCNC(=O)[C@@H]2CCCN2C(=O)OC(C)(C)C)c(Cl)n1. The van der Waals surface area contributed by atoms with Crippen LogP contribution in [-0.4, -0.2) is 51.6 Å². The minimum Gasteiger partial charge on any atom is -0.444 e. The second kappa shape index (κ2) is 9.74. The van der Waals surface area contributed by atoms with Gasteiger partial charge < -0.3 is 10.1 Å². The van der Waals surface area contributed by atoms with Crippen LogP contribution in [0.5, 0.6) is 0 Å².